The van der Waals surface area contributed by atoms with Crippen LogP contribution in [-0.4, -0.2) is 58.7 Å². The summed E-state index contributed by atoms with van der Waals surface area (Å²) in [5.74, 6) is 0.570. The van der Waals surface area contributed by atoms with Gasteiger partial charge in [0.15, 0.2) is 0 Å². The molecule has 28 heavy (non-hydrogen) atoms. The monoisotopic (exact) mass is 422 g/mol. The van der Waals surface area contributed by atoms with Gasteiger partial charge >= 0.3 is 0 Å². The molecule has 2 aromatic rings. The fraction of sp³-hybridized carbons (Fsp3) is 0.263. The van der Waals surface area contributed by atoms with E-state index in [-0.39, 0.29) is 31.1 Å². The van der Waals surface area contributed by atoms with Gasteiger partial charge < -0.3 is 4.74 Å². The zero-order chi connectivity index (χ0) is 20.2. The van der Waals surface area contributed by atoms with Crippen molar-refractivity contribution < 1.29 is 21.6 Å². The van der Waals surface area contributed by atoms with Crippen LogP contribution >= 0.6 is 0 Å². The van der Waals surface area contributed by atoms with Crippen molar-refractivity contribution in [2.75, 3.05) is 33.3 Å². The van der Waals surface area contributed by atoms with Gasteiger partial charge in [-0.3, -0.25) is 0 Å². The molecule has 0 radical (unpaired) electrons. The van der Waals surface area contributed by atoms with Crippen LogP contribution in [0.3, 0.4) is 0 Å². The first-order valence-electron chi connectivity index (χ1n) is 8.70. The smallest absolute Gasteiger partial charge is 0.243 e. The molecule has 0 spiro atoms. The van der Waals surface area contributed by atoms with E-state index < -0.39 is 20.0 Å². The SMILES string of the molecule is COc1ccc(S(=O)(=O)N2CCN(S(=O)(=O)C=Cc3ccccc3)CC2)cc1. The molecule has 2 aromatic carbocycles. The second-order valence-corrected chi connectivity index (χ2v) is 9.99. The largest absolute Gasteiger partial charge is 0.497 e. The third-order valence-corrected chi connectivity index (χ3v) is 7.96. The predicted octanol–water partition coefficient (Wildman–Crippen LogP) is 2.00. The van der Waals surface area contributed by atoms with Gasteiger partial charge in [0, 0.05) is 31.6 Å². The molecule has 0 saturated carbocycles. The topological polar surface area (TPSA) is 84.0 Å². The van der Waals surface area contributed by atoms with Crippen molar-refractivity contribution >= 4 is 26.1 Å². The van der Waals surface area contributed by atoms with E-state index in [0.29, 0.717) is 5.75 Å². The lowest BCUT2D eigenvalue weighted by Gasteiger charge is -2.32. The lowest BCUT2D eigenvalue weighted by molar-refractivity contribution is 0.275. The number of sulfonamides is 2. The maximum absolute atomic E-state index is 12.8. The molecule has 1 heterocycles. The van der Waals surface area contributed by atoms with Crippen molar-refractivity contribution in [3.8, 4) is 5.75 Å². The molecule has 0 amide bonds. The van der Waals surface area contributed by atoms with Crippen LogP contribution in [0.2, 0.25) is 0 Å². The molecule has 3 rings (SSSR count). The van der Waals surface area contributed by atoms with E-state index in [9.17, 15) is 16.8 Å². The number of ether oxygens (including phenoxy) is 1. The third-order valence-electron chi connectivity index (χ3n) is 4.49. The Labute approximate surface area is 166 Å². The number of hydrogen-bond donors (Lipinski definition) is 0. The van der Waals surface area contributed by atoms with Gasteiger partial charge in [0.05, 0.1) is 12.0 Å². The molecule has 0 N–H and O–H groups in total. The van der Waals surface area contributed by atoms with Gasteiger partial charge in [-0.2, -0.15) is 8.61 Å². The van der Waals surface area contributed by atoms with Gasteiger partial charge in [-0.15, -0.1) is 0 Å². The van der Waals surface area contributed by atoms with Crippen LogP contribution in [0, 0.1) is 0 Å². The number of nitrogens with zero attached hydrogens (tertiary/aromatic N) is 2. The minimum absolute atomic E-state index is 0.104. The van der Waals surface area contributed by atoms with Crippen LogP contribution in [0.4, 0.5) is 0 Å². The van der Waals surface area contributed by atoms with E-state index in [1.807, 2.05) is 30.3 Å². The average molecular weight is 423 g/mol. The summed E-state index contributed by atoms with van der Waals surface area (Å²) in [4.78, 5) is 0.161. The molecule has 1 aliphatic heterocycles. The summed E-state index contributed by atoms with van der Waals surface area (Å²) in [6.45, 7) is 0.424. The van der Waals surface area contributed by atoms with E-state index in [0.717, 1.165) is 11.0 Å². The van der Waals surface area contributed by atoms with Crippen LogP contribution in [0.25, 0.3) is 6.08 Å². The predicted molar refractivity (Wildman–Crippen MR) is 108 cm³/mol. The van der Waals surface area contributed by atoms with Crippen LogP contribution < -0.4 is 4.74 Å². The first-order chi connectivity index (χ1) is 13.3. The van der Waals surface area contributed by atoms with E-state index in [4.69, 9.17) is 4.74 Å². The Hall–Kier alpha value is -2.20. The molecule has 1 fully saturated rings. The highest BCUT2D eigenvalue weighted by Crippen LogP contribution is 2.21. The van der Waals surface area contributed by atoms with Gasteiger partial charge in [-0.25, -0.2) is 16.8 Å². The molecule has 0 aliphatic carbocycles. The van der Waals surface area contributed by atoms with Crippen molar-refractivity contribution in [2.45, 2.75) is 4.90 Å². The van der Waals surface area contributed by atoms with Crippen molar-refractivity contribution in [1.29, 1.82) is 0 Å². The van der Waals surface area contributed by atoms with Gasteiger partial charge in [-0.1, -0.05) is 30.3 Å². The molecule has 7 nitrogen and oxygen atoms in total. The summed E-state index contributed by atoms with van der Waals surface area (Å²) in [5.41, 5.74) is 0.784. The highest BCUT2D eigenvalue weighted by molar-refractivity contribution is 7.92. The molecule has 0 unspecified atom stereocenters. The van der Waals surface area contributed by atoms with Crippen LogP contribution in [0.5, 0.6) is 5.75 Å². The molecule has 9 heteroatoms. The third kappa shape index (κ3) is 4.61. The van der Waals surface area contributed by atoms with Crippen molar-refractivity contribution in [3.63, 3.8) is 0 Å². The zero-order valence-electron chi connectivity index (χ0n) is 15.4. The lowest BCUT2D eigenvalue weighted by atomic mass is 10.2. The van der Waals surface area contributed by atoms with Gasteiger partial charge in [-0.05, 0) is 35.9 Å². The highest BCUT2D eigenvalue weighted by atomic mass is 32.2. The Morgan fingerprint density at radius 3 is 1.96 bits per heavy atom. The number of methoxy groups -OCH3 is 1. The molecular weight excluding hydrogens is 400 g/mol. The quantitative estimate of drug-likeness (QED) is 0.711. The van der Waals surface area contributed by atoms with E-state index >= 15 is 0 Å². The average Bonchev–Trinajstić information content (AvgIpc) is 2.73. The molecule has 0 aromatic heterocycles. The van der Waals surface area contributed by atoms with E-state index in [1.54, 1.807) is 12.1 Å². The number of piperazine rings is 1. The molecule has 1 saturated heterocycles. The standard InChI is InChI=1S/C19H22N2O5S2/c1-26-18-7-9-19(10-8-18)28(24,25)21-14-12-20(13-15-21)27(22,23)16-11-17-5-3-2-4-6-17/h2-11,16H,12-15H2,1H3. The minimum atomic E-state index is -3.67. The lowest BCUT2D eigenvalue weighted by Crippen LogP contribution is -2.49. The summed E-state index contributed by atoms with van der Waals surface area (Å²) in [6, 6.07) is 15.3. The summed E-state index contributed by atoms with van der Waals surface area (Å²) in [6.07, 6.45) is 1.54. The summed E-state index contributed by atoms with van der Waals surface area (Å²) < 4.78 is 58.2. The van der Waals surface area contributed by atoms with Crippen molar-refractivity contribution in [1.82, 2.24) is 8.61 Å². The van der Waals surface area contributed by atoms with Crippen molar-refractivity contribution in [2.24, 2.45) is 0 Å². The van der Waals surface area contributed by atoms with Crippen LogP contribution in [-0.2, 0) is 20.0 Å². The minimum Gasteiger partial charge on any atom is -0.497 e. The Kier molecular flexibility index (Phi) is 6.19. The summed E-state index contributed by atoms with van der Waals surface area (Å²) in [5, 5.41) is 1.16. The number of benzene rings is 2. The fourth-order valence-electron chi connectivity index (χ4n) is 2.88. The Bertz CT molecular complexity index is 1030. The second kappa shape index (κ2) is 8.44. The Balaban J connectivity index is 1.67. The molecule has 1 aliphatic rings. The summed E-state index contributed by atoms with van der Waals surface area (Å²) in [7, 11) is -5.77. The number of rotatable bonds is 6. The Morgan fingerprint density at radius 2 is 1.39 bits per heavy atom. The van der Waals surface area contributed by atoms with Crippen molar-refractivity contribution in [3.05, 3.63) is 65.6 Å². The first kappa shape index (κ1) is 20.5. The highest BCUT2D eigenvalue weighted by Gasteiger charge is 2.32. The molecular formula is C19H22N2O5S2. The van der Waals surface area contributed by atoms with E-state index in [2.05, 4.69) is 0 Å². The fourth-order valence-corrected chi connectivity index (χ4v) is 5.47. The molecule has 150 valence electrons. The maximum Gasteiger partial charge on any atom is 0.243 e. The Morgan fingerprint density at radius 1 is 0.821 bits per heavy atom. The molecule has 0 atom stereocenters. The summed E-state index contributed by atoms with van der Waals surface area (Å²) >= 11 is 0. The normalized spacial score (nSPS) is 17.0. The van der Waals surface area contributed by atoms with Gasteiger partial charge in [0.1, 0.15) is 5.75 Å². The van der Waals surface area contributed by atoms with Crippen LogP contribution in [0.1, 0.15) is 5.56 Å². The zero-order valence-corrected chi connectivity index (χ0v) is 17.1. The van der Waals surface area contributed by atoms with Gasteiger partial charge in [0.25, 0.3) is 0 Å². The number of hydrogen-bond acceptors (Lipinski definition) is 5. The van der Waals surface area contributed by atoms with Crippen LogP contribution in [0.15, 0.2) is 64.9 Å². The van der Waals surface area contributed by atoms with Gasteiger partial charge in [0.2, 0.25) is 20.0 Å². The second-order valence-electron chi connectivity index (χ2n) is 6.24. The van der Waals surface area contributed by atoms with E-state index in [1.165, 1.54) is 33.9 Å². The first-order valence-corrected chi connectivity index (χ1v) is 11.6. The molecule has 0 bridgehead atoms. The maximum atomic E-state index is 12.8.